The first kappa shape index (κ1) is 15.7. The Kier molecular flexibility index (Phi) is 3.92. The number of nitrogens with two attached hydrogens (primary N) is 1. The van der Waals surface area contributed by atoms with E-state index in [0.717, 1.165) is 4.47 Å². The number of sulfonamides is 1. The van der Waals surface area contributed by atoms with Crippen molar-refractivity contribution in [1.29, 1.82) is 0 Å². The summed E-state index contributed by atoms with van der Waals surface area (Å²) in [5, 5.41) is 10.7. The molecule has 2 heterocycles. The van der Waals surface area contributed by atoms with Crippen LogP contribution in [0.4, 0.5) is 11.5 Å². The van der Waals surface area contributed by atoms with E-state index in [0.29, 0.717) is 22.6 Å². The highest BCUT2D eigenvalue weighted by atomic mass is 79.9. The van der Waals surface area contributed by atoms with Crippen LogP contribution in [-0.2, 0) is 14.8 Å². The molecule has 0 spiro atoms. The van der Waals surface area contributed by atoms with Crippen LogP contribution in [-0.4, -0.2) is 19.3 Å². The van der Waals surface area contributed by atoms with Gasteiger partial charge < -0.3 is 10.6 Å². The molecule has 3 rings (SSSR count). The van der Waals surface area contributed by atoms with Gasteiger partial charge in [0.25, 0.3) is 5.91 Å². The van der Waals surface area contributed by atoms with Crippen LogP contribution in [0, 0.1) is 0 Å². The zero-order valence-electron chi connectivity index (χ0n) is 11.6. The smallest absolute Gasteiger partial charge is 0.259 e. The number of nitrogens with zero attached hydrogens (tertiary/aromatic N) is 1. The Morgan fingerprint density at radius 2 is 1.96 bits per heavy atom. The highest BCUT2D eigenvalue weighted by Crippen LogP contribution is 2.31. The fourth-order valence-corrected chi connectivity index (χ4v) is 2.93. The second kappa shape index (κ2) is 5.76. The van der Waals surface area contributed by atoms with Gasteiger partial charge >= 0.3 is 0 Å². The zero-order chi connectivity index (χ0) is 16.6. The second-order valence-electron chi connectivity index (χ2n) is 4.78. The van der Waals surface area contributed by atoms with Gasteiger partial charge in [0, 0.05) is 28.1 Å². The van der Waals surface area contributed by atoms with E-state index >= 15 is 0 Å². The van der Waals surface area contributed by atoms with Crippen molar-refractivity contribution < 1.29 is 13.2 Å². The summed E-state index contributed by atoms with van der Waals surface area (Å²) in [5.74, 6) is 0.232. The maximum atomic E-state index is 12.0. The number of hydrogen-bond donors (Lipinski definition) is 3. The molecule has 1 aromatic carbocycles. The summed E-state index contributed by atoms with van der Waals surface area (Å²) in [6.45, 7) is 0. The van der Waals surface area contributed by atoms with Gasteiger partial charge in [-0.25, -0.2) is 18.5 Å². The SMILES string of the molecule is NS(=O)(=O)c1ccc(NC=C2C(=O)Nc3ncc(Br)cc32)cc1. The summed E-state index contributed by atoms with van der Waals surface area (Å²) in [7, 11) is -3.72. The van der Waals surface area contributed by atoms with Gasteiger partial charge in [0.1, 0.15) is 5.82 Å². The van der Waals surface area contributed by atoms with Gasteiger partial charge in [-0.2, -0.15) is 0 Å². The Labute approximate surface area is 140 Å². The number of nitrogens with one attached hydrogen (secondary N) is 2. The number of anilines is 2. The lowest BCUT2D eigenvalue weighted by molar-refractivity contribution is -0.110. The number of fused-ring (bicyclic) bond motifs is 1. The quantitative estimate of drug-likeness (QED) is 0.687. The van der Waals surface area contributed by atoms with E-state index in [9.17, 15) is 13.2 Å². The maximum Gasteiger partial charge on any atom is 0.259 e. The largest absolute Gasteiger partial charge is 0.361 e. The van der Waals surface area contributed by atoms with E-state index in [4.69, 9.17) is 5.14 Å². The molecule has 1 aliphatic heterocycles. The van der Waals surface area contributed by atoms with E-state index in [1.165, 1.54) is 12.1 Å². The van der Waals surface area contributed by atoms with E-state index in [1.807, 2.05) is 0 Å². The molecular weight excluding hydrogens is 384 g/mol. The number of pyridine rings is 1. The van der Waals surface area contributed by atoms with Crippen LogP contribution in [0.15, 0.2) is 52.1 Å². The van der Waals surface area contributed by atoms with Crippen molar-refractivity contribution >= 4 is 48.9 Å². The van der Waals surface area contributed by atoms with E-state index < -0.39 is 10.0 Å². The Bertz CT molecular complexity index is 924. The van der Waals surface area contributed by atoms with Gasteiger partial charge in [0.2, 0.25) is 10.0 Å². The molecule has 9 heteroatoms. The normalized spacial score (nSPS) is 15.4. The average molecular weight is 395 g/mol. The first-order valence-electron chi connectivity index (χ1n) is 6.41. The number of benzene rings is 1. The molecule has 1 amide bonds. The van der Waals surface area contributed by atoms with Crippen LogP contribution in [0.2, 0.25) is 0 Å². The zero-order valence-corrected chi connectivity index (χ0v) is 14.0. The summed E-state index contributed by atoms with van der Waals surface area (Å²) in [5.41, 5.74) is 1.73. The molecule has 0 unspecified atom stereocenters. The Balaban J connectivity index is 1.86. The van der Waals surface area contributed by atoms with Crippen molar-refractivity contribution in [2.75, 3.05) is 10.6 Å². The Morgan fingerprint density at radius 3 is 2.61 bits per heavy atom. The highest BCUT2D eigenvalue weighted by molar-refractivity contribution is 9.10. The fraction of sp³-hybridized carbons (Fsp3) is 0. The minimum atomic E-state index is -3.72. The molecule has 1 aliphatic rings. The molecule has 118 valence electrons. The third kappa shape index (κ3) is 3.26. The number of aromatic nitrogens is 1. The molecule has 0 aliphatic carbocycles. The molecule has 4 N–H and O–H groups in total. The van der Waals surface area contributed by atoms with E-state index in [1.54, 1.807) is 30.6 Å². The van der Waals surface area contributed by atoms with Gasteiger partial charge in [-0.05, 0) is 46.3 Å². The first-order chi connectivity index (χ1) is 10.8. The van der Waals surface area contributed by atoms with Gasteiger partial charge in [-0.3, -0.25) is 4.79 Å². The lowest BCUT2D eigenvalue weighted by Gasteiger charge is -2.04. The third-order valence-corrected chi connectivity index (χ3v) is 4.55. The van der Waals surface area contributed by atoms with Crippen molar-refractivity contribution in [3.63, 3.8) is 0 Å². The molecule has 0 bridgehead atoms. The van der Waals surface area contributed by atoms with Crippen molar-refractivity contribution in [3.05, 3.63) is 52.8 Å². The standard InChI is InChI=1S/C14H11BrN4O3S/c15-8-5-11-12(14(20)19-13(11)18-6-8)7-17-9-1-3-10(4-2-9)23(16,21)22/h1-7,17H,(H2,16,21,22)(H,18,19,20). The molecule has 2 aromatic rings. The maximum absolute atomic E-state index is 12.0. The molecule has 0 atom stereocenters. The Morgan fingerprint density at radius 1 is 1.26 bits per heavy atom. The molecule has 23 heavy (non-hydrogen) atoms. The number of carbonyl (C=O) groups is 1. The lowest BCUT2D eigenvalue weighted by Crippen LogP contribution is -2.11. The Hall–Kier alpha value is -2.23. The van der Waals surface area contributed by atoms with Crippen LogP contribution in [0.3, 0.4) is 0 Å². The van der Waals surface area contributed by atoms with Crippen LogP contribution in [0.1, 0.15) is 5.56 Å². The van der Waals surface area contributed by atoms with Crippen LogP contribution < -0.4 is 15.8 Å². The third-order valence-electron chi connectivity index (χ3n) is 3.19. The molecule has 0 radical (unpaired) electrons. The van der Waals surface area contributed by atoms with Crippen molar-refractivity contribution in [2.24, 2.45) is 5.14 Å². The number of amides is 1. The number of halogens is 1. The van der Waals surface area contributed by atoms with Gasteiger partial charge in [-0.15, -0.1) is 0 Å². The fourth-order valence-electron chi connectivity index (χ4n) is 2.08. The van der Waals surface area contributed by atoms with Gasteiger partial charge in [0.05, 0.1) is 10.5 Å². The summed E-state index contributed by atoms with van der Waals surface area (Å²) in [6, 6.07) is 7.68. The van der Waals surface area contributed by atoms with E-state index in [2.05, 4.69) is 31.5 Å². The van der Waals surface area contributed by atoms with Gasteiger partial charge in [0.15, 0.2) is 0 Å². The predicted octanol–water partition coefficient (Wildman–Crippen LogP) is 1.90. The summed E-state index contributed by atoms with van der Waals surface area (Å²) >= 11 is 3.32. The van der Waals surface area contributed by atoms with Crippen LogP contribution in [0.5, 0.6) is 0 Å². The average Bonchev–Trinajstić information content (AvgIpc) is 2.79. The molecule has 0 saturated carbocycles. The van der Waals surface area contributed by atoms with Crippen LogP contribution >= 0.6 is 15.9 Å². The number of primary sulfonamides is 1. The number of rotatable bonds is 3. The van der Waals surface area contributed by atoms with E-state index in [-0.39, 0.29) is 10.8 Å². The van der Waals surface area contributed by atoms with Crippen molar-refractivity contribution in [1.82, 2.24) is 4.98 Å². The summed E-state index contributed by atoms with van der Waals surface area (Å²) in [4.78, 5) is 16.1. The minimum Gasteiger partial charge on any atom is -0.361 e. The van der Waals surface area contributed by atoms with Crippen LogP contribution in [0.25, 0.3) is 5.57 Å². The lowest BCUT2D eigenvalue weighted by atomic mass is 10.1. The molecule has 0 fully saturated rings. The second-order valence-corrected chi connectivity index (χ2v) is 7.25. The van der Waals surface area contributed by atoms with Crippen molar-refractivity contribution in [2.45, 2.75) is 4.90 Å². The summed E-state index contributed by atoms with van der Waals surface area (Å²) in [6.07, 6.45) is 3.14. The first-order valence-corrected chi connectivity index (χ1v) is 8.75. The molecular formula is C14H11BrN4O3S. The monoisotopic (exact) mass is 394 g/mol. The number of hydrogen-bond acceptors (Lipinski definition) is 5. The van der Waals surface area contributed by atoms with Crippen molar-refractivity contribution in [3.8, 4) is 0 Å². The molecule has 1 aromatic heterocycles. The molecule has 0 saturated heterocycles. The molecule has 7 nitrogen and oxygen atoms in total. The highest BCUT2D eigenvalue weighted by Gasteiger charge is 2.25. The minimum absolute atomic E-state index is 0.0211. The summed E-state index contributed by atoms with van der Waals surface area (Å²) < 4.78 is 23.2. The van der Waals surface area contributed by atoms with Gasteiger partial charge in [-0.1, -0.05) is 0 Å². The number of carbonyl (C=O) groups excluding carboxylic acids is 1. The topological polar surface area (TPSA) is 114 Å². The predicted molar refractivity (Wildman–Crippen MR) is 90.0 cm³/mol.